The van der Waals surface area contributed by atoms with Crippen LogP contribution in [0, 0.1) is 6.92 Å². The van der Waals surface area contributed by atoms with Crippen LogP contribution in [0.25, 0.3) is 0 Å². The van der Waals surface area contributed by atoms with Crippen molar-refractivity contribution in [3.63, 3.8) is 0 Å². The minimum absolute atomic E-state index is 0.627. The second-order valence-corrected chi connectivity index (χ2v) is 5.80. The van der Waals surface area contributed by atoms with E-state index < -0.39 is 0 Å². The Morgan fingerprint density at radius 3 is 2.79 bits per heavy atom. The lowest BCUT2D eigenvalue weighted by Crippen LogP contribution is -2.33. The monoisotopic (exact) mass is 282 g/mol. The summed E-state index contributed by atoms with van der Waals surface area (Å²) in [5.41, 5.74) is 0. The van der Waals surface area contributed by atoms with Crippen molar-refractivity contribution in [1.82, 2.24) is 14.9 Å². The van der Waals surface area contributed by atoms with Crippen LogP contribution in [0.5, 0.6) is 0 Å². The van der Waals surface area contributed by atoms with Crippen molar-refractivity contribution in [2.75, 3.05) is 31.6 Å². The van der Waals surface area contributed by atoms with Crippen LogP contribution in [0.15, 0.2) is 6.20 Å². The van der Waals surface area contributed by atoms with Crippen LogP contribution >= 0.6 is 11.6 Å². The number of anilines is 1. The van der Waals surface area contributed by atoms with Crippen molar-refractivity contribution in [2.45, 2.75) is 39.2 Å². The molecule has 1 aliphatic rings. The van der Waals surface area contributed by atoms with E-state index in [1.165, 1.54) is 25.9 Å². The first-order valence-electron chi connectivity index (χ1n) is 7.02. The minimum atomic E-state index is 0.627. The molecule has 106 valence electrons. The van der Waals surface area contributed by atoms with E-state index in [0.29, 0.717) is 11.1 Å². The zero-order chi connectivity index (χ0) is 13.8. The molecule has 0 bridgehead atoms. The number of rotatable bonds is 5. The van der Waals surface area contributed by atoms with Gasteiger partial charge in [0, 0.05) is 19.6 Å². The van der Waals surface area contributed by atoms with Gasteiger partial charge in [-0.25, -0.2) is 9.97 Å². The number of hydrogen-bond donors (Lipinski definition) is 0. The molecule has 4 nitrogen and oxygen atoms in total. The predicted molar refractivity (Wildman–Crippen MR) is 79.9 cm³/mol. The first-order valence-corrected chi connectivity index (χ1v) is 7.40. The van der Waals surface area contributed by atoms with Crippen molar-refractivity contribution in [3.05, 3.63) is 17.0 Å². The maximum Gasteiger partial charge on any atom is 0.150 e. The van der Waals surface area contributed by atoms with Crippen LogP contribution < -0.4 is 4.90 Å². The molecule has 1 saturated heterocycles. The van der Waals surface area contributed by atoms with Crippen molar-refractivity contribution in [2.24, 2.45) is 0 Å². The van der Waals surface area contributed by atoms with Gasteiger partial charge < -0.3 is 9.80 Å². The minimum Gasteiger partial charge on any atom is -0.358 e. The lowest BCUT2D eigenvalue weighted by molar-refractivity contribution is 0.249. The van der Waals surface area contributed by atoms with E-state index in [1.807, 2.05) is 14.0 Å². The van der Waals surface area contributed by atoms with Crippen molar-refractivity contribution >= 4 is 17.4 Å². The van der Waals surface area contributed by atoms with Gasteiger partial charge in [0.2, 0.25) is 0 Å². The maximum atomic E-state index is 6.16. The highest BCUT2D eigenvalue weighted by Gasteiger charge is 2.18. The second kappa shape index (κ2) is 6.53. The lowest BCUT2D eigenvalue weighted by Gasteiger charge is -2.27. The van der Waals surface area contributed by atoms with Crippen LogP contribution in [0.3, 0.4) is 0 Å². The third-order valence-corrected chi connectivity index (χ3v) is 4.12. The molecule has 1 aromatic rings. The fourth-order valence-corrected chi connectivity index (χ4v) is 2.80. The number of hydrogen-bond acceptors (Lipinski definition) is 4. The Balaban J connectivity index is 1.89. The summed E-state index contributed by atoms with van der Waals surface area (Å²) < 4.78 is 0. The summed E-state index contributed by atoms with van der Waals surface area (Å²) >= 11 is 6.16. The summed E-state index contributed by atoms with van der Waals surface area (Å²) in [5, 5.41) is 0.627. The number of halogens is 1. The Kier molecular flexibility index (Phi) is 4.99. The molecule has 2 heterocycles. The summed E-state index contributed by atoms with van der Waals surface area (Å²) in [6, 6.07) is 0.631. The number of nitrogens with zero attached hydrogens (tertiary/aromatic N) is 4. The third kappa shape index (κ3) is 3.80. The number of likely N-dealkylation sites (tertiary alicyclic amines) is 1. The van der Waals surface area contributed by atoms with Crippen LogP contribution in [0.1, 0.15) is 32.0 Å². The largest absolute Gasteiger partial charge is 0.358 e. The molecular weight excluding hydrogens is 260 g/mol. The van der Waals surface area contributed by atoms with E-state index in [2.05, 4.69) is 26.7 Å². The molecule has 1 unspecified atom stereocenters. The van der Waals surface area contributed by atoms with Gasteiger partial charge in [0.1, 0.15) is 10.8 Å². The molecule has 0 amide bonds. The molecule has 2 rings (SSSR count). The van der Waals surface area contributed by atoms with Gasteiger partial charge in [-0.3, -0.25) is 0 Å². The Hall–Kier alpha value is -0.870. The van der Waals surface area contributed by atoms with Crippen LogP contribution in [0.4, 0.5) is 5.82 Å². The van der Waals surface area contributed by atoms with Gasteiger partial charge >= 0.3 is 0 Å². The highest BCUT2D eigenvalue weighted by Crippen LogP contribution is 2.22. The number of aromatic nitrogens is 2. The molecule has 1 atom stereocenters. The highest BCUT2D eigenvalue weighted by molar-refractivity contribution is 6.32. The Morgan fingerprint density at radius 2 is 2.11 bits per heavy atom. The van der Waals surface area contributed by atoms with Crippen LogP contribution in [-0.2, 0) is 0 Å². The molecule has 0 aliphatic carbocycles. The van der Waals surface area contributed by atoms with Crippen LogP contribution in [0.2, 0.25) is 5.02 Å². The van der Waals surface area contributed by atoms with Gasteiger partial charge in [0.05, 0.1) is 6.20 Å². The SMILES string of the molecule is Cc1ncc(Cl)c(N(C)CCC(C)N2CCCC2)n1. The summed E-state index contributed by atoms with van der Waals surface area (Å²) in [5.74, 6) is 1.60. The van der Waals surface area contributed by atoms with Gasteiger partial charge in [-0.2, -0.15) is 0 Å². The fraction of sp³-hybridized carbons (Fsp3) is 0.714. The average molecular weight is 283 g/mol. The summed E-state index contributed by atoms with van der Waals surface area (Å²) in [6.07, 6.45) is 5.50. The van der Waals surface area contributed by atoms with Gasteiger partial charge in [-0.15, -0.1) is 0 Å². The molecular formula is C14H23ClN4. The van der Waals surface area contributed by atoms with E-state index in [4.69, 9.17) is 11.6 Å². The van der Waals surface area contributed by atoms with E-state index in [-0.39, 0.29) is 0 Å². The Morgan fingerprint density at radius 1 is 1.42 bits per heavy atom. The molecule has 0 spiro atoms. The molecule has 1 aliphatic heterocycles. The molecule has 0 aromatic carbocycles. The fourth-order valence-electron chi connectivity index (χ4n) is 2.56. The molecule has 5 heteroatoms. The maximum absolute atomic E-state index is 6.16. The van der Waals surface area contributed by atoms with Gasteiger partial charge in [0.25, 0.3) is 0 Å². The molecule has 19 heavy (non-hydrogen) atoms. The zero-order valence-electron chi connectivity index (χ0n) is 12.1. The normalized spacial score (nSPS) is 17.7. The predicted octanol–water partition coefficient (Wildman–Crippen LogP) is 2.75. The van der Waals surface area contributed by atoms with Gasteiger partial charge in [-0.1, -0.05) is 11.6 Å². The molecule has 0 radical (unpaired) electrons. The number of aryl methyl sites for hydroxylation is 1. The molecule has 1 fully saturated rings. The highest BCUT2D eigenvalue weighted by atomic mass is 35.5. The quantitative estimate of drug-likeness (QED) is 0.831. The smallest absolute Gasteiger partial charge is 0.150 e. The standard InChI is InChI=1S/C14H23ClN4/c1-11(19-7-4-5-8-19)6-9-18(3)14-13(15)10-16-12(2)17-14/h10-11H,4-9H2,1-3H3. The molecule has 1 aromatic heterocycles. The topological polar surface area (TPSA) is 32.3 Å². The molecule has 0 N–H and O–H groups in total. The van der Waals surface area contributed by atoms with E-state index in [9.17, 15) is 0 Å². The Labute approximate surface area is 120 Å². The summed E-state index contributed by atoms with van der Waals surface area (Å²) in [4.78, 5) is 13.2. The van der Waals surface area contributed by atoms with Gasteiger partial charge in [-0.05, 0) is 46.2 Å². The second-order valence-electron chi connectivity index (χ2n) is 5.39. The zero-order valence-corrected chi connectivity index (χ0v) is 12.8. The summed E-state index contributed by atoms with van der Waals surface area (Å²) in [6.45, 7) is 7.66. The Bertz CT molecular complexity index is 418. The average Bonchev–Trinajstić information content (AvgIpc) is 2.92. The van der Waals surface area contributed by atoms with E-state index in [1.54, 1.807) is 6.20 Å². The van der Waals surface area contributed by atoms with Crippen molar-refractivity contribution in [3.8, 4) is 0 Å². The van der Waals surface area contributed by atoms with E-state index in [0.717, 1.165) is 24.6 Å². The van der Waals surface area contributed by atoms with Crippen molar-refractivity contribution < 1.29 is 0 Å². The van der Waals surface area contributed by atoms with E-state index >= 15 is 0 Å². The first kappa shape index (κ1) is 14.5. The lowest BCUT2D eigenvalue weighted by atomic mass is 10.2. The summed E-state index contributed by atoms with van der Waals surface area (Å²) in [7, 11) is 2.05. The van der Waals surface area contributed by atoms with Crippen molar-refractivity contribution in [1.29, 1.82) is 0 Å². The van der Waals surface area contributed by atoms with Crippen LogP contribution in [-0.4, -0.2) is 47.6 Å². The first-order chi connectivity index (χ1) is 9.08. The third-order valence-electron chi connectivity index (χ3n) is 3.85. The van der Waals surface area contributed by atoms with Gasteiger partial charge in [0.15, 0.2) is 5.82 Å². The molecule has 0 saturated carbocycles.